The number of hydrogen-bond acceptors (Lipinski definition) is 8. The largest absolute Gasteiger partial charge is 0.369 e. The fraction of sp³-hybridized carbons (Fsp3) is 0.208. The Morgan fingerprint density at radius 1 is 0.971 bits per heavy atom. The Morgan fingerprint density at radius 2 is 1.68 bits per heavy atom. The standard InChI is InChI=1S/C24H25N7O2S/c25-23-30-21-8-3-16(13-22(21)31-23)1-2-17-14-27-24(28-15-17)29-18-4-6-19(7-5-18)34(32,33)20-9-11-26-12-10-20/h1-8,13-15,20,26H,9-12H2,(H3,25,30,31)(H,27,28,29). The second-order valence-electron chi connectivity index (χ2n) is 8.22. The zero-order valence-corrected chi connectivity index (χ0v) is 19.2. The van der Waals surface area contributed by atoms with Crippen LogP contribution in [0.5, 0.6) is 0 Å². The first-order valence-electron chi connectivity index (χ1n) is 11.0. The summed E-state index contributed by atoms with van der Waals surface area (Å²) in [6.07, 6.45) is 8.60. The number of nitrogens with two attached hydrogens (primary N) is 1. The molecule has 0 bridgehead atoms. The molecule has 34 heavy (non-hydrogen) atoms. The predicted octanol–water partition coefficient (Wildman–Crippen LogP) is 3.37. The van der Waals surface area contributed by atoms with Gasteiger partial charge < -0.3 is 21.4 Å². The molecule has 9 nitrogen and oxygen atoms in total. The Labute approximate surface area is 197 Å². The monoisotopic (exact) mass is 475 g/mol. The molecule has 0 amide bonds. The Hall–Kier alpha value is -3.76. The van der Waals surface area contributed by atoms with Crippen LogP contribution >= 0.6 is 0 Å². The van der Waals surface area contributed by atoms with E-state index in [9.17, 15) is 8.42 Å². The highest BCUT2D eigenvalue weighted by Gasteiger charge is 2.28. The van der Waals surface area contributed by atoms with Crippen molar-refractivity contribution in [3.63, 3.8) is 0 Å². The minimum atomic E-state index is -3.32. The molecule has 2 aromatic carbocycles. The fourth-order valence-corrected chi connectivity index (χ4v) is 5.74. The van der Waals surface area contributed by atoms with Gasteiger partial charge in [-0.2, -0.15) is 0 Å². The van der Waals surface area contributed by atoms with E-state index in [0.717, 1.165) is 40.9 Å². The highest BCUT2D eigenvalue weighted by atomic mass is 32.2. The normalized spacial score (nSPS) is 15.2. The summed E-state index contributed by atoms with van der Waals surface area (Å²) in [6.45, 7) is 1.47. The minimum Gasteiger partial charge on any atom is -0.369 e. The molecule has 0 spiro atoms. The Bertz CT molecular complexity index is 1420. The fourth-order valence-electron chi connectivity index (χ4n) is 3.99. The van der Waals surface area contributed by atoms with Gasteiger partial charge in [0, 0.05) is 23.6 Å². The molecular formula is C24H25N7O2S. The molecule has 1 fully saturated rings. The first kappa shape index (κ1) is 22.1. The van der Waals surface area contributed by atoms with Gasteiger partial charge >= 0.3 is 0 Å². The molecule has 1 aliphatic heterocycles. The number of nitrogens with zero attached hydrogens (tertiary/aromatic N) is 3. The minimum absolute atomic E-state index is 0.323. The SMILES string of the molecule is Nc1nc2ccc(C=Cc3cnc(Nc4ccc(S(=O)(=O)C5CCNCC5)cc4)nc3)cc2[nH]1. The highest BCUT2D eigenvalue weighted by molar-refractivity contribution is 7.92. The summed E-state index contributed by atoms with van der Waals surface area (Å²) in [5.41, 5.74) is 9.97. The topological polar surface area (TPSA) is 139 Å². The number of anilines is 3. The molecule has 5 N–H and O–H groups in total. The smallest absolute Gasteiger partial charge is 0.227 e. The van der Waals surface area contributed by atoms with Gasteiger partial charge in [-0.05, 0) is 67.9 Å². The van der Waals surface area contributed by atoms with Crippen molar-refractivity contribution in [2.45, 2.75) is 23.0 Å². The molecule has 0 saturated carbocycles. The van der Waals surface area contributed by atoms with Gasteiger partial charge in [0.2, 0.25) is 5.95 Å². The summed E-state index contributed by atoms with van der Waals surface area (Å²) >= 11 is 0. The Kier molecular flexibility index (Phi) is 5.99. The summed E-state index contributed by atoms with van der Waals surface area (Å²) in [7, 11) is -3.32. The van der Waals surface area contributed by atoms with Crippen molar-refractivity contribution in [3.8, 4) is 0 Å². The number of fused-ring (bicyclic) bond motifs is 1. The number of sulfone groups is 1. The highest BCUT2D eigenvalue weighted by Crippen LogP contribution is 2.24. The lowest BCUT2D eigenvalue weighted by molar-refractivity contribution is 0.496. The van der Waals surface area contributed by atoms with Gasteiger partial charge in [-0.3, -0.25) is 0 Å². The second-order valence-corrected chi connectivity index (χ2v) is 10.4. The van der Waals surface area contributed by atoms with E-state index in [0.29, 0.717) is 29.6 Å². The lowest BCUT2D eigenvalue weighted by atomic mass is 10.1. The molecule has 0 unspecified atom stereocenters. The molecule has 1 aliphatic rings. The lowest BCUT2D eigenvalue weighted by Gasteiger charge is -2.22. The van der Waals surface area contributed by atoms with Gasteiger partial charge in [-0.25, -0.2) is 23.4 Å². The van der Waals surface area contributed by atoms with E-state index >= 15 is 0 Å². The number of benzene rings is 2. The molecule has 0 aliphatic carbocycles. The molecule has 3 heterocycles. The van der Waals surface area contributed by atoms with E-state index in [2.05, 4.69) is 30.6 Å². The number of H-pyrrole nitrogens is 1. The molecular weight excluding hydrogens is 450 g/mol. The van der Waals surface area contributed by atoms with Crippen LogP contribution in [0.15, 0.2) is 59.8 Å². The quantitative estimate of drug-likeness (QED) is 0.333. The van der Waals surface area contributed by atoms with E-state index in [1.807, 2.05) is 30.4 Å². The van der Waals surface area contributed by atoms with Crippen LogP contribution < -0.4 is 16.4 Å². The predicted molar refractivity (Wildman–Crippen MR) is 134 cm³/mol. The number of imidazole rings is 1. The Morgan fingerprint density at radius 3 is 2.41 bits per heavy atom. The molecule has 2 aromatic heterocycles. The molecule has 5 rings (SSSR count). The number of nitrogen functional groups attached to an aromatic ring is 1. The number of aromatic nitrogens is 4. The van der Waals surface area contributed by atoms with Crippen LogP contribution in [0.4, 0.5) is 17.6 Å². The maximum atomic E-state index is 12.8. The van der Waals surface area contributed by atoms with Crippen LogP contribution in [-0.2, 0) is 9.84 Å². The number of piperidine rings is 1. The molecule has 4 aromatic rings. The maximum absolute atomic E-state index is 12.8. The van der Waals surface area contributed by atoms with Gasteiger partial charge in [0.1, 0.15) is 0 Å². The second kappa shape index (κ2) is 9.24. The zero-order valence-electron chi connectivity index (χ0n) is 18.4. The van der Waals surface area contributed by atoms with Crippen LogP contribution in [-0.4, -0.2) is 46.7 Å². The number of rotatable bonds is 6. The third-order valence-electron chi connectivity index (χ3n) is 5.83. The van der Waals surface area contributed by atoms with Crippen LogP contribution in [0.25, 0.3) is 23.2 Å². The molecule has 174 valence electrons. The maximum Gasteiger partial charge on any atom is 0.227 e. The van der Waals surface area contributed by atoms with Gasteiger partial charge in [0.05, 0.1) is 21.2 Å². The van der Waals surface area contributed by atoms with E-state index in [4.69, 9.17) is 5.73 Å². The van der Waals surface area contributed by atoms with E-state index in [-0.39, 0.29) is 5.25 Å². The van der Waals surface area contributed by atoms with Crippen molar-refractivity contribution in [1.82, 2.24) is 25.3 Å². The van der Waals surface area contributed by atoms with Crippen molar-refractivity contribution in [2.24, 2.45) is 0 Å². The number of nitrogens with one attached hydrogen (secondary N) is 3. The number of hydrogen-bond donors (Lipinski definition) is 4. The van der Waals surface area contributed by atoms with Crippen molar-refractivity contribution < 1.29 is 8.42 Å². The molecule has 0 atom stereocenters. The van der Waals surface area contributed by atoms with E-state index < -0.39 is 9.84 Å². The van der Waals surface area contributed by atoms with Crippen molar-refractivity contribution in [1.29, 1.82) is 0 Å². The molecule has 0 radical (unpaired) electrons. The van der Waals surface area contributed by atoms with Gasteiger partial charge in [0.25, 0.3) is 0 Å². The Balaban J connectivity index is 1.23. The average molecular weight is 476 g/mol. The van der Waals surface area contributed by atoms with E-state index in [1.54, 1.807) is 36.7 Å². The van der Waals surface area contributed by atoms with E-state index in [1.165, 1.54) is 0 Å². The molecule has 1 saturated heterocycles. The summed E-state index contributed by atoms with van der Waals surface area (Å²) in [6, 6.07) is 12.6. The van der Waals surface area contributed by atoms with Crippen molar-refractivity contribution in [2.75, 3.05) is 24.1 Å². The van der Waals surface area contributed by atoms with Gasteiger partial charge in [-0.1, -0.05) is 18.2 Å². The lowest BCUT2D eigenvalue weighted by Crippen LogP contribution is -2.35. The summed E-state index contributed by atoms with van der Waals surface area (Å²) < 4.78 is 25.7. The molecule has 10 heteroatoms. The first-order valence-corrected chi connectivity index (χ1v) is 12.6. The zero-order chi connectivity index (χ0) is 23.5. The summed E-state index contributed by atoms with van der Waals surface area (Å²) in [5, 5.41) is 5.99. The summed E-state index contributed by atoms with van der Waals surface area (Å²) in [5.74, 6) is 0.825. The van der Waals surface area contributed by atoms with Crippen LogP contribution in [0, 0.1) is 0 Å². The van der Waals surface area contributed by atoms with Crippen LogP contribution in [0.2, 0.25) is 0 Å². The van der Waals surface area contributed by atoms with Gasteiger partial charge in [0.15, 0.2) is 15.8 Å². The third kappa shape index (κ3) is 4.78. The van der Waals surface area contributed by atoms with Gasteiger partial charge in [-0.15, -0.1) is 0 Å². The summed E-state index contributed by atoms with van der Waals surface area (Å²) in [4.78, 5) is 16.3. The van der Waals surface area contributed by atoms with Crippen LogP contribution in [0.3, 0.4) is 0 Å². The average Bonchev–Trinajstić information content (AvgIpc) is 3.24. The van der Waals surface area contributed by atoms with Crippen molar-refractivity contribution >= 4 is 50.6 Å². The third-order valence-corrected chi connectivity index (χ3v) is 8.11. The van der Waals surface area contributed by atoms with Crippen molar-refractivity contribution in [3.05, 3.63) is 66.0 Å². The number of aromatic amines is 1. The first-order chi connectivity index (χ1) is 16.5. The van der Waals surface area contributed by atoms with Crippen LogP contribution in [0.1, 0.15) is 24.0 Å².